The first-order chi connectivity index (χ1) is 34.3. The van der Waals surface area contributed by atoms with Crippen LogP contribution < -0.4 is 19.7 Å². The number of imidazole rings is 1. The number of para-hydroxylation sites is 2. The Balaban J connectivity index is 0.00000530. The zero-order valence-electron chi connectivity index (χ0n) is 41.7. The van der Waals surface area contributed by atoms with E-state index in [1.54, 1.807) is 10.4 Å². The van der Waals surface area contributed by atoms with Crippen LogP contribution in [0.3, 0.4) is 0 Å². The molecule has 0 amide bonds. The fraction of sp³-hybridized carbons (Fsp3) is 0.156. The van der Waals surface area contributed by atoms with Crippen LogP contribution in [0.2, 0.25) is 38.3 Å². The molecule has 0 atom stereocenters. The molecule has 0 saturated heterocycles. The van der Waals surface area contributed by atoms with Crippen molar-refractivity contribution in [3.8, 4) is 73.2 Å². The van der Waals surface area contributed by atoms with Gasteiger partial charge < -0.3 is 13.9 Å². The van der Waals surface area contributed by atoms with E-state index >= 15 is 0 Å². The summed E-state index contributed by atoms with van der Waals surface area (Å²) in [7, 11) is -3.00. The van der Waals surface area contributed by atoms with Crippen molar-refractivity contribution in [2.75, 3.05) is 0 Å². The summed E-state index contributed by atoms with van der Waals surface area (Å²) < 4.78 is 13.4. The summed E-state index contributed by atoms with van der Waals surface area (Å²) in [6.45, 7) is 17.0. The third-order valence-electron chi connectivity index (χ3n) is 15.4. The summed E-state index contributed by atoms with van der Waals surface area (Å²) in [5, 5.41) is 5.59. The molecule has 5 heterocycles. The molecule has 2 aliphatic rings. The Morgan fingerprint density at radius 1 is 0.556 bits per heavy atom. The molecule has 0 bridgehead atoms. The van der Waals surface area contributed by atoms with E-state index in [-0.39, 0.29) is 26.5 Å². The molecule has 356 valence electrons. The largest absolute Gasteiger partial charge is 0.510 e. The monoisotopic (exact) mass is 1150 g/mol. The van der Waals surface area contributed by atoms with E-state index in [1.807, 2.05) is 24.4 Å². The van der Waals surface area contributed by atoms with Gasteiger partial charge in [0.1, 0.15) is 5.82 Å². The Kier molecular flexibility index (Phi) is 11.0. The Labute approximate surface area is 438 Å². The maximum absolute atomic E-state index is 6.80. The van der Waals surface area contributed by atoms with Crippen molar-refractivity contribution in [2.45, 2.75) is 64.5 Å². The molecule has 11 aromatic rings. The van der Waals surface area contributed by atoms with Crippen LogP contribution in [0.5, 0.6) is 11.5 Å². The molecule has 0 unspecified atom stereocenters. The van der Waals surface area contributed by atoms with Crippen molar-refractivity contribution >= 4 is 59.4 Å². The zero-order chi connectivity index (χ0) is 48.4. The maximum Gasteiger partial charge on any atom is 0.268 e. The van der Waals surface area contributed by atoms with Crippen LogP contribution in [-0.2, 0) is 26.5 Å². The first kappa shape index (κ1) is 46.2. The van der Waals surface area contributed by atoms with Crippen LogP contribution >= 0.6 is 0 Å². The standard InChI is InChI=1S/C64H54N4OSi2.Pt/c1-64(2,3)44-32-33-65-62(38-44)68-57-30-26-42(43-27-31-60-61(37-43)71(6,7)35-34-70(60,4)5)36-55(57)53-29-28-47(40-59(53)68)69-46-17-14-16-45(39-46)66-41-67-56-24-13-12-22-52(56)50-20-10-8-18-48(50)49-19-9-11-21-51(49)54-23-15-25-58(66)63(54)67;/h8-33,36-38H,34-35H2,1-7H3;/q-2;. The van der Waals surface area contributed by atoms with Crippen molar-refractivity contribution in [2.24, 2.45) is 0 Å². The van der Waals surface area contributed by atoms with E-state index in [0.29, 0.717) is 11.5 Å². The van der Waals surface area contributed by atoms with Gasteiger partial charge in [0.05, 0.1) is 32.9 Å². The van der Waals surface area contributed by atoms with Gasteiger partial charge in [-0.15, -0.1) is 29.7 Å². The van der Waals surface area contributed by atoms with Crippen molar-refractivity contribution in [3.63, 3.8) is 0 Å². The van der Waals surface area contributed by atoms with Gasteiger partial charge in [0.15, 0.2) is 0 Å². The molecule has 72 heavy (non-hydrogen) atoms. The van der Waals surface area contributed by atoms with E-state index in [4.69, 9.17) is 9.72 Å². The fourth-order valence-electron chi connectivity index (χ4n) is 11.4. The van der Waals surface area contributed by atoms with Crippen LogP contribution in [0.4, 0.5) is 0 Å². The minimum absolute atomic E-state index is 0. The van der Waals surface area contributed by atoms with Gasteiger partial charge in [0.25, 0.3) is 6.33 Å². The Morgan fingerprint density at radius 2 is 1.18 bits per heavy atom. The first-order valence-electron chi connectivity index (χ1n) is 24.9. The normalized spacial score (nSPS) is 14.3. The Hall–Kier alpha value is -6.90. The molecule has 0 saturated carbocycles. The molecule has 0 N–H and O–H groups in total. The van der Waals surface area contributed by atoms with Crippen molar-refractivity contribution in [1.82, 2.24) is 14.1 Å². The average molecular weight is 1150 g/mol. The van der Waals surface area contributed by atoms with E-state index in [2.05, 4.69) is 231 Å². The molecular weight excluding hydrogens is 1090 g/mol. The first-order valence-corrected chi connectivity index (χ1v) is 31.3. The molecule has 13 rings (SSSR count). The summed E-state index contributed by atoms with van der Waals surface area (Å²) in [4.78, 5) is 5.01. The molecular formula is C64H54N4OPtSi2-2. The average Bonchev–Trinajstić information content (AvgIpc) is 3.94. The van der Waals surface area contributed by atoms with Crippen LogP contribution in [0.15, 0.2) is 176 Å². The van der Waals surface area contributed by atoms with Crippen molar-refractivity contribution in [3.05, 3.63) is 200 Å². The number of nitrogens with zero attached hydrogens (tertiary/aromatic N) is 4. The molecule has 0 spiro atoms. The van der Waals surface area contributed by atoms with Crippen molar-refractivity contribution in [1.29, 1.82) is 0 Å². The van der Waals surface area contributed by atoms with Gasteiger partial charge in [-0.1, -0.05) is 190 Å². The maximum atomic E-state index is 6.80. The minimum atomic E-state index is -1.54. The van der Waals surface area contributed by atoms with Gasteiger partial charge in [0.2, 0.25) is 0 Å². The quantitative estimate of drug-likeness (QED) is 0.0978. The van der Waals surface area contributed by atoms with Crippen LogP contribution in [-0.4, -0.2) is 30.3 Å². The number of hydrogen-bond donors (Lipinski definition) is 0. The number of pyridine rings is 1. The van der Waals surface area contributed by atoms with E-state index < -0.39 is 16.1 Å². The molecule has 0 aliphatic carbocycles. The van der Waals surface area contributed by atoms with Crippen LogP contribution in [0.1, 0.15) is 26.3 Å². The molecule has 0 radical (unpaired) electrons. The summed E-state index contributed by atoms with van der Waals surface area (Å²) in [5.41, 5.74) is 16.7. The summed E-state index contributed by atoms with van der Waals surface area (Å²) >= 11 is 0. The predicted octanol–water partition coefficient (Wildman–Crippen LogP) is 14.7. The third kappa shape index (κ3) is 7.50. The molecule has 8 heteroatoms. The van der Waals surface area contributed by atoms with Gasteiger partial charge in [-0.3, -0.25) is 4.57 Å². The number of aromatic nitrogens is 4. The predicted molar refractivity (Wildman–Crippen MR) is 298 cm³/mol. The second kappa shape index (κ2) is 17.1. The number of hydrogen-bond acceptors (Lipinski definition) is 2. The fourth-order valence-corrected chi connectivity index (χ4v) is 21.7. The molecule has 5 nitrogen and oxygen atoms in total. The number of benzene rings is 8. The third-order valence-corrected chi connectivity index (χ3v) is 23.0. The SMILES string of the molecule is CC(C)(C)c1ccnc(-n2c3[c-]c(Oc4[c-]c(-n5[c-][n+]6c7c(cccc75)-c5ccccc5-c5ccccc5-c5ccccc5-6)ccc4)ccc3c3cc(-c4ccc5c(c4)[Si](C)(C)CC[Si]5(C)C)ccc32)c1.[Pt]. The van der Waals surface area contributed by atoms with E-state index in [9.17, 15) is 0 Å². The summed E-state index contributed by atoms with van der Waals surface area (Å²) in [6, 6.07) is 71.9. The second-order valence-corrected chi connectivity index (χ2v) is 31.5. The van der Waals surface area contributed by atoms with Crippen LogP contribution in [0.25, 0.3) is 94.5 Å². The molecule has 0 fully saturated rings. The Bertz CT molecular complexity index is 3990. The van der Waals surface area contributed by atoms with Gasteiger partial charge in [0, 0.05) is 44.3 Å². The minimum Gasteiger partial charge on any atom is -0.510 e. The number of ether oxygens (including phenoxy) is 1. The number of fused-ring (bicyclic) bond motifs is 11. The van der Waals surface area contributed by atoms with Gasteiger partial charge in [-0.2, -0.15) is 18.2 Å². The summed E-state index contributed by atoms with van der Waals surface area (Å²) in [5.74, 6) is 2.04. The smallest absolute Gasteiger partial charge is 0.268 e. The zero-order valence-corrected chi connectivity index (χ0v) is 45.9. The Morgan fingerprint density at radius 3 is 1.93 bits per heavy atom. The number of rotatable bonds is 5. The van der Waals surface area contributed by atoms with Crippen molar-refractivity contribution < 1.29 is 30.4 Å². The topological polar surface area (TPSA) is 35.9 Å². The van der Waals surface area contributed by atoms with Gasteiger partial charge in [-0.05, 0) is 90.8 Å². The molecule has 2 aliphatic heterocycles. The van der Waals surface area contributed by atoms with E-state index in [0.717, 1.165) is 61.2 Å². The second-order valence-electron chi connectivity index (χ2n) is 21.9. The molecule has 8 aromatic carbocycles. The van der Waals surface area contributed by atoms with Gasteiger partial charge in [-0.25, -0.2) is 4.98 Å². The van der Waals surface area contributed by atoms with E-state index in [1.165, 1.54) is 51.0 Å². The van der Waals surface area contributed by atoms with Gasteiger partial charge >= 0.3 is 0 Å². The van der Waals surface area contributed by atoms with Crippen LogP contribution in [0, 0.1) is 18.5 Å². The summed E-state index contributed by atoms with van der Waals surface area (Å²) in [6.07, 6.45) is 5.74. The molecule has 3 aromatic heterocycles.